The highest BCUT2D eigenvalue weighted by Gasteiger charge is 2.14. The summed E-state index contributed by atoms with van der Waals surface area (Å²) in [5, 5.41) is 6.03. The van der Waals surface area contributed by atoms with Crippen molar-refractivity contribution < 1.29 is 13.9 Å². The number of halogens is 1. The molecule has 0 saturated carbocycles. The van der Waals surface area contributed by atoms with Gasteiger partial charge in [-0.25, -0.2) is 0 Å². The second-order valence-electron chi connectivity index (χ2n) is 4.88. The molecule has 0 unspecified atom stereocenters. The molecule has 7 heteroatoms. The minimum atomic E-state index is -0.174. The van der Waals surface area contributed by atoms with Crippen molar-refractivity contribution in [3.8, 4) is 0 Å². The molecule has 5 nitrogen and oxygen atoms in total. The summed E-state index contributed by atoms with van der Waals surface area (Å²) in [6.07, 6.45) is 1.56. The zero-order valence-electron chi connectivity index (χ0n) is 13.6. The predicted octanol–water partition coefficient (Wildman–Crippen LogP) is 2.96. The zero-order chi connectivity index (χ0) is 16.3. The number of furan rings is 1. The summed E-state index contributed by atoms with van der Waals surface area (Å²) < 4.78 is 10.3. The molecule has 0 fully saturated rings. The van der Waals surface area contributed by atoms with Gasteiger partial charge in [-0.3, -0.25) is 4.79 Å². The number of thioether (sulfide) groups is 1. The predicted molar refractivity (Wildman–Crippen MR) is 99.0 cm³/mol. The van der Waals surface area contributed by atoms with E-state index in [1.807, 2.05) is 24.3 Å². The molecule has 2 rings (SSSR count). The van der Waals surface area contributed by atoms with Gasteiger partial charge in [-0.1, -0.05) is 18.2 Å². The first-order chi connectivity index (χ1) is 11.3. The third-order valence-corrected chi connectivity index (χ3v) is 4.22. The Morgan fingerprint density at radius 2 is 1.96 bits per heavy atom. The molecule has 1 heterocycles. The fourth-order valence-corrected chi connectivity index (χ4v) is 2.87. The van der Waals surface area contributed by atoms with E-state index < -0.39 is 0 Å². The van der Waals surface area contributed by atoms with Crippen LogP contribution in [0.25, 0.3) is 0 Å². The molecule has 2 aromatic rings. The molecule has 0 aliphatic heterocycles. The second-order valence-corrected chi connectivity index (χ2v) is 5.92. The molecule has 0 radical (unpaired) electrons. The highest BCUT2D eigenvalue weighted by molar-refractivity contribution is 7.98. The molecule has 0 aliphatic carbocycles. The number of amides is 1. The first-order valence-electron chi connectivity index (χ1n) is 7.53. The number of hydrogen-bond donors (Lipinski definition) is 2. The molecule has 1 aromatic heterocycles. The Balaban J connectivity index is 0.00000288. The Labute approximate surface area is 152 Å². The lowest BCUT2D eigenvalue weighted by Gasteiger charge is -2.06. The van der Waals surface area contributed by atoms with Gasteiger partial charge in [0.05, 0.1) is 12.9 Å². The van der Waals surface area contributed by atoms with Crippen LogP contribution in [0.1, 0.15) is 16.1 Å². The largest absolute Gasteiger partial charge is 0.459 e. The van der Waals surface area contributed by atoms with Gasteiger partial charge in [-0.05, 0) is 18.2 Å². The summed E-state index contributed by atoms with van der Waals surface area (Å²) in [4.78, 5) is 13.3. The fourth-order valence-electron chi connectivity index (χ4n) is 1.97. The van der Waals surface area contributed by atoms with E-state index >= 15 is 0 Å². The lowest BCUT2D eigenvalue weighted by atomic mass is 10.2. The molecule has 0 saturated heterocycles. The van der Waals surface area contributed by atoms with E-state index in [-0.39, 0.29) is 18.3 Å². The maximum atomic E-state index is 12.2. The van der Waals surface area contributed by atoms with Crippen molar-refractivity contribution >= 4 is 30.1 Å². The molecular weight excluding hydrogens is 348 g/mol. The van der Waals surface area contributed by atoms with Crippen LogP contribution in [0.4, 0.5) is 0 Å². The third kappa shape index (κ3) is 6.97. The van der Waals surface area contributed by atoms with Gasteiger partial charge in [0.25, 0.3) is 5.91 Å². The highest BCUT2D eigenvalue weighted by atomic mass is 35.5. The monoisotopic (exact) mass is 370 g/mol. The minimum Gasteiger partial charge on any atom is -0.459 e. The molecule has 132 valence electrons. The number of benzene rings is 1. The van der Waals surface area contributed by atoms with Crippen molar-refractivity contribution in [3.05, 3.63) is 54.0 Å². The summed E-state index contributed by atoms with van der Waals surface area (Å²) >= 11 is 1.68. The standard InChI is InChI=1S/C17H22N2O3S.ClH/c1-21-12-10-18-8-9-19-17(20)16-14(7-11-22-16)13-23-15-5-3-2-4-6-15;/h2-7,11,18H,8-10,12-13H2,1H3,(H,19,20);1H. The van der Waals surface area contributed by atoms with Crippen molar-refractivity contribution in [3.63, 3.8) is 0 Å². The molecule has 0 aliphatic rings. The van der Waals surface area contributed by atoms with Crippen LogP contribution in [0.2, 0.25) is 0 Å². The minimum absolute atomic E-state index is 0. The van der Waals surface area contributed by atoms with Gasteiger partial charge in [0, 0.05) is 43.0 Å². The Bertz CT molecular complexity index is 593. The lowest BCUT2D eigenvalue weighted by molar-refractivity contribution is 0.0925. The summed E-state index contributed by atoms with van der Waals surface area (Å²) in [6.45, 7) is 2.68. The maximum Gasteiger partial charge on any atom is 0.287 e. The van der Waals surface area contributed by atoms with Gasteiger partial charge in [-0.2, -0.15) is 0 Å². The Hall–Kier alpha value is -1.47. The Morgan fingerprint density at radius 3 is 2.71 bits per heavy atom. The SMILES string of the molecule is COCCNCCNC(=O)c1occc1CSc1ccccc1.Cl. The highest BCUT2D eigenvalue weighted by Crippen LogP contribution is 2.24. The first kappa shape index (κ1) is 20.6. The Kier molecular flexibility index (Phi) is 10.3. The van der Waals surface area contributed by atoms with Crippen LogP contribution in [0.3, 0.4) is 0 Å². The van der Waals surface area contributed by atoms with E-state index in [2.05, 4.69) is 22.8 Å². The van der Waals surface area contributed by atoms with Crippen molar-refractivity contribution in [2.45, 2.75) is 10.6 Å². The summed E-state index contributed by atoms with van der Waals surface area (Å²) in [5.41, 5.74) is 0.906. The van der Waals surface area contributed by atoms with Gasteiger partial charge >= 0.3 is 0 Å². The lowest BCUT2D eigenvalue weighted by Crippen LogP contribution is -2.33. The van der Waals surface area contributed by atoms with Crippen LogP contribution in [-0.4, -0.2) is 39.3 Å². The summed E-state index contributed by atoms with van der Waals surface area (Å²) in [5.74, 6) is 0.924. The van der Waals surface area contributed by atoms with Crippen LogP contribution in [0, 0.1) is 0 Å². The maximum absolute atomic E-state index is 12.2. The van der Waals surface area contributed by atoms with E-state index in [9.17, 15) is 4.79 Å². The molecule has 2 N–H and O–H groups in total. The normalized spacial score (nSPS) is 10.2. The zero-order valence-corrected chi connectivity index (χ0v) is 15.3. The number of rotatable bonds is 10. The number of hydrogen-bond acceptors (Lipinski definition) is 5. The van der Waals surface area contributed by atoms with Crippen molar-refractivity contribution in [1.82, 2.24) is 10.6 Å². The molecule has 0 bridgehead atoms. The van der Waals surface area contributed by atoms with E-state index in [1.165, 1.54) is 4.90 Å². The van der Waals surface area contributed by atoms with Gasteiger partial charge in [0.15, 0.2) is 5.76 Å². The van der Waals surface area contributed by atoms with Gasteiger partial charge in [0.1, 0.15) is 0 Å². The van der Waals surface area contributed by atoms with Gasteiger partial charge < -0.3 is 19.8 Å². The van der Waals surface area contributed by atoms with E-state index in [4.69, 9.17) is 9.15 Å². The number of carbonyl (C=O) groups is 1. The average molecular weight is 371 g/mol. The smallest absolute Gasteiger partial charge is 0.287 e. The molecule has 1 amide bonds. The molecule has 0 spiro atoms. The van der Waals surface area contributed by atoms with Gasteiger partial charge in [-0.15, -0.1) is 24.2 Å². The molecule has 0 atom stereocenters. The summed E-state index contributed by atoms with van der Waals surface area (Å²) in [6, 6.07) is 11.9. The molecule has 1 aromatic carbocycles. The van der Waals surface area contributed by atoms with Crippen molar-refractivity contribution in [1.29, 1.82) is 0 Å². The molecule has 24 heavy (non-hydrogen) atoms. The second kappa shape index (κ2) is 12.0. The van der Waals surface area contributed by atoms with Crippen LogP contribution in [-0.2, 0) is 10.5 Å². The van der Waals surface area contributed by atoms with Crippen molar-refractivity contribution in [2.24, 2.45) is 0 Å². The first-order valence-corrected chi connectivity index (χ1v) is 8.52. The summed E-state index contributed by atoms with van der Waals surface area (Å²) in [7, 11) is 1.66. The van der Waals surface area contributed by atoms with Crippen LogP contribution < -0.4 is 10.6 Å². The van der Waals surface area contributed by atoms with E-state index in [0.717, 1.165) is 12.1 Å². The van der Waals surface area contributed by atoms with Crippen LogP contribution >= 0.6 is 24.2 Å². The fraction of sp³-hybridized carbons (Fsp3) is 0.353. The number of nitrogens with one attached hydrogen (secondary N) is 2. The van der Waals surface area contributed by atoms with Crippen molar-refractivity contribution in [2.75, 3.05) is 33.4 Å². The van der Waals surface area contributed by atoms with E-state index in [0.29, 0.717) is 31.2 Å². The quantitative estimate of drug-likeness (QED) is 0.497. The number of ether oxygens (including phenoxy) is 1. The van der Waals surface area contributed by atoms with Gasteiger partial charge in [0.2, 0.25) is 0 Å². The Morgan fingerprint density at radius 1 is 1.17 bits per heavy atom. The molecular formula is C17H23ClN2O3S. The topological polar surface area (TPSA) is 63.5 Å². The number of methoxy groups -OCH3 is 1. The van der Waals surface area contributed by atoms with Crippen LogP contribution in [0.15, 0.2) is 52.0 Å². The third-order valence-electron chi connectivity index (χ3n) is 3.16. The number of carbonyl (C=O) groups excluding carboxylic acids is 1. The van der Waals surface area contributed by atoms with E-state index in [1.54, 1.807) is 25.1 Å². The average Bonchev–Trinajstić information content (AvgIpc) is 3.05. The van der Waals surface area contributed by atoms with Crippen LogP contribution in [0.5, 0.6) is 0 Å².